The molecule has 0 fully saturated rings. The number of carbonyl (C=O) groups excluding carboxylic acids is 1. The Balaban J connectivity index is 3.23. The van der Waals surface area contributed by atoms with E-state index in [0.717, 1.165) is 15.8 Å². The highest BCUT2D eigenvalue weighted by Gasteiger charge is 2.42. The zero-order valence-corrected chi connectivity index (χ0v) is 12.7. The van der Waals surface area contributed by atoms with Crippen molar-refractivity contribution in [1.82, 2.24) is 14.7 Å². The van der Waals surface area contributed by atoms with Crippen LogP contribution >= 0.6 is 0 Å². The summed E-state index contributed by atoms with van der Waals surface area (Å²) in [6.45, 7) is 4.43. The fourth-order valence-corrected chi connectivity index (χ4v) is 1.86. The molecule has 0 atom stereocenters. The van der Waals surface area contributed by atoms with Gasteiger partial charge in [-0.25, -0.2) is 0 Å². The molecule has 22 heavy (non-hydrogen) atoms. The molecule has 6 nitrogen and oxygen atoms in total. The van der Waals surface area contributed by atoms with Gasteiger partial charge in [0.1, 0.15) is 0 Å². The first-order chi connectivity index (χ1) is 9.85. The summed E-state index contributed by atoms with van der Waals surface area (Å²) >= 11 is 0. The van der Waals surface area contributed by atoms with Crippen LogP contribution in [0.4, 0.5) is 13.2 Å². The molecule has 0 aromatic carbocycles. The number of aliphatic carboxylic acids is 1. The Labute approximate surface area is 125 Å². The van der Waals surface area contributed by atoms with Crippen molar-refractivity contribution < 1.29 is 27.9 Å². The van der Waals surface area contributed by atoms with Gasteiger partial charge in [-0.1, -0.05) is 0 Å². The largest absolute Gasteiger partial charge is 0.481 e. The Morgan fingerprint density at radius 2 is 1.86 bits per heavy atom. The zero-order valence-electron chi connectivity index (χ0n) is 12.7. The van der Waals surface area contributed by atoms with Crippen LogP contribution in [-0.2, 0) is 16.5 Å². The smallest absolute Gasteiger partial charge is 0.433 e. The van der Waals surface area contributed by atoms with Gasteiger partial charge in [0.2, 0.25) is 0 Å². The SMILES string of the molecule is CN(CCC(=O)O)C(=O)c1cnn(C(C)(C)C)c1C(F)(F)F. The quantitative estimate of drug-likeness (QED) is 0.922. The molecular formula is C13H18F3N3O3. The van der Waals surface area contributed by atoms with Crippen LogP contribution in [0.5, 0.6) is 0 Å². The molecule has 0 bridgehead atoms. The Hall–Kier alpha value is -2.06. The second kappa shape index (κ2) is 5.98. The van der Waals surface area contributed by atoms with Crippen LogP contribution in [0.15, 0.2) is 6.20 Å². The average Bonchev–Trinajstić information content (AvgIpc) is 2.79. The lowest BCUT2D eigenvalue weighted by Gasteiger charge is -2.24. The van der Waals surface area contributed by atoms with Gasteiger partial charge < -0.3 is 10.0 Å². The molecule has 1 N–H and O–H groups in total. The molecule has 1 aromatic rings. The maximum Gasteiger partial charge on any atom is 0.433 e. The summed E-state index contributed by atoms with van der Waals surface area (Å²) in [6.07, 6.45) is -4.23. The number of alkyl halides is 3. The molecule has 0 saturated carbocycles. The van der Waals surface area contributed by atoms with E-state index < -0.39 is 34.8 Å². The second-order valence-electron chi connectivity index (χ2n) is 5.86. The second-order valence-corrected chi connectivity index (χ2v) is 5.86. The molecule has 0 aliphatic carbocycles. The number of rotatable bonds is 4. The van der Waals surface area contributed by atoms with E-state index in [1.807, 2.05) is 0 Å². The van der Waals surface area contributed by atoms with Gasteiger partial charge in [0.25, 0.3) is 5.91 Å². The average molecular weight is 321 g/mol. The fourth-order valence-electron chi connectivity index (χ4n) is 1.86. The Morgan fingerprint density at radius 1 is 1.32 bits per heavy atom. The van der Waals surface area contributed by atoms with E-state index in [-0.39, 0.29) is 13.0 Å². The van der Waals surface area contributed by atoms with E-state index in [1.165, 1.54) is 27.8 Å². The van der Waals surface area contributed by atoms with Crippen molar-refractivity contribution in [2.24, 2.45) is 0 Å². The molecule has 1 heterocycles. The van der Waals surface area contributed by atoms with Gasteiger partial charge in [-0.3, -0.25) is 14.3 Å². The lowest BCUT2D eigenvalue weighted by atomic mass is 10.1. The monoisotopic (exact) mass is 321 g/mol. The van der Waals surface area contributed by atoms with Crippen molar-refractivity contribution in [3.8, 4) is 0 Å². The molecule has 0 aliphatic heterocycles. The first-order valence-electron chi connectivity index (χ1n) is 6.48. The van der Waals surface area contributed by atoms with Crippen LogP contribution in [0.25, 0.3) is 0 Å². The Bertz CT molecular complexity index is 573. The number of aromatic nitrogens is 2. The molecular weight excluding hydrogens is 303 g/mol. The molecule has 0 spiro atoms. The third-order valence-corrected chi connectivity index (χ3v) is 2.91. The standard InChI is InChI=1S/C13H18F3N3O3/c1-12(2,3)19-10(13(14,15)16)8(7-17-19)11(22)18(4)6-5-9(20)21/h7H,5-6H2,1-4H3,(H,20,21). The van der Waals surface area contributed by atoms with Crippen LogP contribution in [0.3, 0.4) is 0 Å². The lowest BCUT2D eigenvalue weighted by molar-refractivity contribution is -0.146. The first kappa shape index (κ1) is 18.0. The number of hydrogen-bond donors (Lipinski definition) is 1. The normalized spacial score (nSPS) is 12.3. The number of halogens is 3. The minimum absolute atomic E-state index is 0.188. The summed E-state index contributed by atoms with van der Waals surface area (Å²) in [5.74, 6) is -2.05. The summed E-state index contributed by atoms with van der Waals surface area (Å²) in [5.41, 5.74) is -2.68. The number of carbonyl (C=O) groups is 2. The van der Waals surface area contributed by atoms with Gasteiger partial charge in [-0.2, -0.15) is 18.3 Å². The minimum Gasteiger partial charge on any atom is -0.481 e. The van der Waals surface area contributed by atoms with Gasteiger partial charge in [0, 0.05) is 13.6 Å². The van der Waals surface area contributed by atoms with E-state index in [9.17, 15) is 22.8 Å². The molecule has 0 radical (unpaired) electrons. The van der Waals surface area contributed by atoms with Crippen molar-refractivity contribution in [1.29, 1.82) is 0 Å². The van der Waals surface area contributed by atoms with Crippen molar-refractivity contribution in [2.75, 3.05) is 13.6 Å². The van der Waals surface area contributed by atoms with Gasteiger partial charge in [-0.05, 0) is 20.8 Å². The van der Waals surface area contributed by atoms with E-state index in [2.05, 4.69) is 5.10 Å². The summed E-state index contributed by atoms with van der Waals surface area (Å²) in [5, 5.41) is 12.3. The van der Waals surface area contributed by atoms with Crippen LogP contribution in [0.2, 0.25) is 0 Å². The Kier molecular flexibility index (Phi) is 4.89. The zero-order chi connectivity index (χ0) is 17.3. The highest BCUT2D eigenvalue weighted by molar-refractivity contribution is 5.95. The predicted octanol–water partition coefficient (Wildman–Crippen LogP) is 2.20. The molecule has 0 unspecified atom stereocenters. The van der Waals surface area contributed by atoms with Gasteiger partial charge in [-0.15, -0.1) is 0 Å². The molecule has 9 heteroatoms. The molecule has 1 amide bonds. The fraction of sp³-hybridized carbons (Fsp3) is 0.615. The Morgan fingerprint density at radius 3 is 2.27 bits per heavy atom. The topological polar surface area (TPSA) is 75.4 Å². The number of nitrogens with zero attached hydrogens (tertiary/aromatic N) is 3. The number of hydrogen-bond acceptors (Lipinski definition) is 3. The third kappa shape index (κ3) is 3.99. The predicted molar refractivity (Wildman–Crippen MR) is 71.4 cm³/mol. The molecule has 1 rings (SSSR count). The van der Waals surface area contributed by atoms with Gasteiger partial charge in [0.05, 0.1) is 23.7 Å². The van der Waals surface area contributed by atoms with E-state index in [4.69, 9.17) is 5.11 Å². The van der Waals surface area contributed by atoms with E-state index >= 15 is 0 Å². The van der Waals surface area contributed by atoms with Crippen molar-refractivity contribution in [3.63, 3.8) is 0 Å². The molecule has 0 saturated heterocycles. The first-order valence-corrected chi connectivity index (χ1v) is 6.48. The molecule has 124 valence electrons. The van der Waals surface area contributed by atoms with E-state index in [1.54, 1.807) is 0 Å². The summed E-state index contributed by atoms with van der Waals surface area (Å²) in [6, 6.07) is 0. The summed E-state index contributed by atoms with van der Waals surface area (Å²) in [7, 11) is 1.25. The molecule has 0 aliphatic rings. The number of amides is 1. The van der Waals surface area contributed by atoms with Crippen molar-refractivity contribution in [2.45, 2.75) is 38.9 Å². The van der Waals surface area contributed by atoms with Crippen LogP contribution < -0.4 is 0 Å². The maximum absolute atomic E-state index is 13.3. The van der Waals surface area contributed by atoms with Gasteiger partial charge in [0.15, 0.2) is 5.69 Å². The minimum atomic E-state index is -4.75. The van der Waals surface area contributed by atoms with Crippen LogP contribution in [-0.4, -0.2) is 45.3 Å². The van der Waals surface area contributed by atoms with Crippen molar-refractivity contribution in [3.05, 3.63) is 17.5 Å². The maximum atomic E-state index is 13.3. The highest BCUT2D eigenvalue weighted by Crippen LogP contribution is 2.35. The highest BCUT2D eigenvalue weighted by atomic mass is 19.4. The van der Waals surface area contributed by atoms with Gasteiger partial charge >= 0.3 is 12.1 Å². The summed E-state index contributed by atoms with van der Waals surface area (Å²) < 4.78 is 40.6. The summed E-state index contributed by atoms with van der Waals surface area (Å²) in [4.78, 5) is 23.6. The van der Waals surface area contributed by atoms with Crippen LogP contribution in [0, 0.1) is 0 Å². The van der Waals surface area contributed by atoms with E-state index in [0.29, 0.717) is 0 Å². The van der Waals surface area contributed by atoms with Crippen molar-refractivity contribution >= 4 is 11.9 Å². The number of carboxylic acids is 1. The molecule has 1 aromatic heterocycles. The number of carboxylic acid groups (broad SMARTS) is 1. The third-order valence-electron chi connectivity index (χ3n) is 2.91. The lowest BCUT2D eigenvalue weighted by Crippen LogP contribution is -2.33. The van der Waals surface area contributed by atoms with Crippen LogP contribution in [0.1, 0.15) is 43.2 Å².